The number of hydrogen-bond donors (Lipinski definition) is 1. The van der Waals surface area contributed by atoms with Crippen LogP contribution in [-0.2, 0) is 22.5 Å². The molecule has 2 aromatic heterocycles. The molecular formula is C32H36ClN3O3. The van der Waals surface area contributed by atoms with Gasteiger partial charge in [-0.15, -0.1) is 0 Å². The number of aryl methyl sites for hydroxylation is 2. The third-order valence-electron chi connectivity index (χ3n) is 7.77. The highest BCUT2D eigenvalue weighted by atomic mass is 35.5. The number of amides is 1. The average molecular weight is 546 g/mol. The van der Waals surface area contributed by atoms with Gasteiger partial charge in [-0.25, -0.2) is 0 Å². The average Bonchev–Trinajstić information content (AvgIpc) is 3.34. The molecule has 1 fully saturated rings. The van der Waals surface area contributed by atoms with Crippen LogP contribution in [0.4, 0.5) is 0 Å². The standard InChI is InChI=1S/C32H36ClN3O3/c1-39-19-5-18-36-29-9-3-8-28(33)27(29)20-30(36)26-7-4-17-35(22-26)32(38)10-2-6-23-11-13-24(14-12-23)25-15-16-31(37)34-21-25/h3,8-9,11-16,20-21,26H,2,4-7,10,17-19,22H2,1H3,(H,34,37). The highest BCUT2D eigenvalue weighted by Gasteiger charge is 2.27. The van der Waals surface area contributed by atoms with E-state index in [0.29, 0.717) is 18.9 Å². The van der Waals surface area contributed by atoms with Crippen LogP contribution in [0.2, 0.25) is 5.02 Å². The normalized spacial score (nSPS) is 15.6. The SMILES string of the molecule is COCCCn1c(C2CCCN(C(=O)CCCc3ccc(-c4ccc(=O)[nH]c4)cc3)C2)cc2c(Cl)cccc21. The van der Waals surface area contributed by atoms with Gasteiger partial charge in [-0.3, -0.25) is 9.59 Å². The zero-order valence-corrected chi connectivity index (χ0v) is 23.3. The maximum absolute atomic E-state index is 13.2. The molecule has 2 aromatic carbocycles. The van der Waals surface area contributed by atoms with E-state index >= 15 is 0 Å². The lowest BCUT2D eigenvalue weighted by Gasteiger charge is -2.33. The summed E-state index contributed by atoms with van der Waals surface area (Å²) in [5, 5.41) is 1.86. The second kappa shape index (κ2) is 12.7. The molecule has 3 heterocycles. The molecule has 1 N–H and O–H groups in total. The third-order valence-corrected chi connectivity index (χ3v) is 8.10. The predicted molar refractivity (Wildman–Crippen MR) is 157 cm³/mol. The van der Waals surface area contributed by atoms with Gasteiger partial charge >= 0.3 is 0 Å². The zero-order valence-electron chi connectivity index (χ0n) is 22.5. The van der Waals surface area contributed by atoms with Crippen LogP contribution in [-0.4, -0.2) is 47.2 Å². The quantitative estimate of drug-likeness (QED) is 0.234. The second-order valence-corrected chi connectivity index (χ2v) is 10.8. The molecule has 1 saturated heterocycles. The molecule has 5 rings (SSSR count). The Labute approximate surface area is 234 Å². The van der Waals surface area contributed by atoms with Crippen molar-refractivity contribution in [1.82, 2.24) is 14.5 Å². The van der Waals surface area contributed by atoms with Crippen molar-refractivity contribution in [3.05, 3.63) is 93.5 Å². The summed E-state index contributed by atoms with van der Waals surface area (Å²) in [7, 11) is 1.74. The Kier molecular flexibility index (Phi) is 8.84. The van der Waals surface area contributed by atoms with Crippen molar-refractivity contribution in [2.75, 3.05) is 26.8 Å². The summed E-state index contributed by atoms with van der Waals surface area (Å²) >= 11 is 6.56. The van der Waals surface area contributed by atoms with E-state index in [0.717, 1.165) is 78.8 Å². The van der Waals surface area contributed by atoms with Crippen molar-refractivity contribution in [3.63, 3.8) is 0 Å². The van der Waals surface area contributed by atoms with Gasteiger partial charge < -0.3 is 19.2 Å². The van der Waals surface area contributed by atoms with Crippen molar-refractivity contribution in [3.8, 4) is 11.1 Å². The van der Waals surface area contributed by atoms with E-state index in [4.69, 9.17) is 16.3 Å². The van der Waals surface area contributed by atoms with E-state index in [1.807, 2.05) is 18.2 Å². The number of hydrogen-bond acceptors (Lipinski definition) is 3. The number of carbonyl (C=O) groups is 1. The van der Waals surface area contributed by atoms with E-state index in [1.54, 1.807) is 13.3 Å². The number of aromatic nitrogens is 2. The maximum Gasteiger partial charge on any atom is 0.247 e. The van der Waals surface area contributed by atoms with E-state index in [9.17, 15) is 9.59 Å². The van der Waals surface area contributed by atoms with E-state index in [1.165, 1.54) is 17.3 Å². The number of benzene rings is 2. The summed E-state index contributed by atoms with van der Waals surface area (Å²) < 4.78 is 7.69. The van der Waals surface area contributed by atoms with E-state index in [-0.39, 0.29) is 11.5 Å². The summed E-state index contributed by atoms with van der Waals surface area (Å²) in [4.78, 5) is 29.3. The molecule has 1 aliphatic rings. The first kappa shape index (κ1) is 27.2. The number of nitrogens with one attached hydrogen (secondary N) is 1. The zero-order chi connectivity index (χ0) is 27.2. The first-order valence-corrected chi connectivity index (χ1v) is 14.2. The molecule has 1 unspecified atom stereocenters. The van der Waals surface area contributed by atoms with Gasteiger partial charge in [-0.1, -0.05) is 41.9 Å². The Bertz CT molecular complexity index is 1450. The van der Waals surface area contributed by atoms with Crippen molar-refractivity contribution < 1.29 is 9.53 Å². The summed E-state index contributed by atoms with van der Waals surface area (Å²) in [5.74, 6) is 0.541. The molecule has 7 heteroatoms. The second-order valence-electron chi connectivity index (χ2n) is 10.4. The van der Waals surface area contributed by atoms with Crippen LogP contribution in [0.3, 0.4) is 0 Å². The monoisotopic (exact) mass is 545 g/mol. The number of likely N-dealkylation sites (tertiary alicyclic amines) is 1. The molecule has 0 bridgehead atoms. The molecule has 0 spiro atoms. The Balaban J connectivity index is 1.20. The largest absolute Gasteiger partial charge is 0.385 e. The molecular weight excluding hydrogens is 510 g/mol. The minimum atomic E-state index is -0.103. The topological polar surface area (TPSA) is 67.3 Å². The van der Waals surface area contributed by atoms with Crippen molar-refractivity contribution >= 4 is 28.4 Å². The fourth-order valence-corrected chi connectivity index (χ4v) is 5.95. The number of fused-ring (bicyclic) bond motifs is 1. The van der Waals surface area contributed by atoms with Crippen molar-refractivity contribution in [2.24, 2.45) is 0 Å². The number of ether oxygens (including phenoxy) is 1. The fraction of sp³-hybridized carbons (Fsp3) is 0.375. The minimum Gasteiger partial charge on any atom is -0.385 e. The van der Waals surface area contributed by atoms with Gasteiger partial charge in [0.05, 0.1) is 0 Å². The lowest BCUT2D eigenvalue weighted by atomic mass is 9.94. The molecule has 1 aliphatic heterocycles. The molecule has 1 amide bonds. The number of nitrogens with zero attached hydrogens (tertiary/aromatic N) is 2. The maximum atomic E-state index is 13.2. The van der Waals surface area contributed by atoms with Crippen LogP contribution in [0.15, 0.2) is 71.7 Å². The van der Waals surface area contributed by atoms with Crippen LogP contribution >= 0.6 is 11.6 Å². The van der Waals surface area contributed by atoms with Crippen LogP contribution in [0, 0.1) is 0 Å². The van der Waals surface area contributed by atoms with Gasteiger partial charge in [0.25, 0.3) is 0 Å². The van der Waals surface area contributed by atoms with E-state index < -0.39 is 0 Å². The molecule has 0 aliphatic carbocycles. The number of pyridine rings is 1. The number of aromatic amines is 1. The number of halogens is 1. The minimum absolute atomic E-state index is 0.103. The van der Waals surface area contributed by atoms with Gasteiger partial charge in [-0.05, 0) is 73.1 Å². The van der Waals surface area contributed by atoms with Crippen LogP contribution in [0.5, 0.6) is 0 Å². The van der Waals surface area contributed by atoms with Crippen molar-refractivity contribution in [2.45, 2.75) is 51.0 Å². The van der Waals surface area contributed by atoms with Gasteiger partial charge in [-0.2, -0.15) is 0 Å². The third kappa shape index (κ3) is 6.45. The summed E-state index contributed by atoms with van der Waals surface area (Å²) in [6.45, 7) is 3.17. The molecule has 0 radical (unpaired) electrons. The van der Waals surface area contributed by atoms with Crippen LogP contribution in [0.1, 0.15) is 49.3 Å². The molecule has 39 heavy (non-hydrogen) atoms. The molecule has 1 atom stereocenters. The predicted octanol–water partition coefficient (Wildman–Crippen LogP) is 6.42. The molecule has 204 valence electrons. The number of carbonyl (C=O) groups excluding carboxylic acids is 1. The number of rotatable bonds is 10. The van der Waals surface area contributed by atoms with Gasteiger partial charge in [0.1, 0.15) is 0 Å². The smallest absolute Gasteiger partial charge is 0.247 e. The van der Waals surface area contributed by atoms with Crippen molar-refractivity contribution in [1.29, 1.82) is 0 Å². The summed E-state index contributed by atoms with van der Waals surface area (Å²) in [6, 6.07) is 20.0. The molecule has 6 nitrogen and oxygen atoms in total. The lowest BCUT2D eigenvalue weighted by molar-refractivity contribution is -0.132. The van der Waals surface area contributed by atoms with Gasteiger partial charge in [0.15, 0.2) is 0 Å². The number of piperidine rings is 1. The summed E-state index contributed by atoms with van der Waals surface area (Å²) in [5.41, 5.74) is 5.58. The van der Waals surface area contributed by atoms with Gasteiger partial charge in [0.2, 0.25) is 11.5 Å². The highest BCUT2D eigenvalue weighted by molar-refractivity contribution is 6.35. The first-order chi connectivity index (χ1) is 19.0. The number of H-pyrrole nitrogens is 1. The van der Waals surface area contributed by atoms with Crippen LogP contribution in [0.25, 0.3) is 22.0 Å². The molecule has 0 saturated carbocycles. The molecule has 4 aromatic rings. The highest BCUT2D eigenvalue weighted by Crippen LogP contribution is 2.35. The van der Waals surface area contributed by atoms with E-state index in [2.05, 4.69) is 50.8 Å². The number of methoxy groups -OCH3 is 1. The summed E-state index contributed by atoms with van der Waals surface area (Å²) in [6.07, 6.45) is 6.99. The Morgan fingerprint density at radius 3 is 2.67 bits per heavy atom. The Hall–Kier alpha value is -3.35. The lowest BCUT2D eigenvalue weighted by Crippen LogP contribution is -2.39. The fourth-order valence-electron chi connectivity index (χ4n) is 5.72. The van der Waals surface area contributed by atoms with Crippen LogP contribution < -0.4 is 5.56 Å². The first-order valence-electron chi connectivity index (χ1n) is 13.9. The Morgan fingerprint density at radius 2 is 1.90 bits per heavy atom. The van der Waals surface area contributed by atoms with Gasteiger partial charge in [0, 0.05) is 79.6 Å². The Morgan fingerprint density at radius 1 is 1.08 bits per heavy atom.